The van der Waals surface area contributed by atoms with Gasteiger partial charge in [-0.3, -0.25) is 4.99 Å². The van der Waals surface area contributed by atoms with Gasteiger partial charge < -0.3 is 20.7 Å². The summed E-state index contributed by atoms with van der Waals surface area (Å²) in [7, 11) is 2.00. The molecule has 1 fully saturated rings. The zero-order chi connectivity index (χ0) is 14.5. The minimum absolute atomic E-state index is 0. The Morgan fingerprint density at radius 2 is 2.29 bits per heavy atom. The molecule has 1 aliphatic rings. The van der Waals surface area contributed by atoms with Crippen molar-refractivity contribution in [3.05, 3.63) is 29.8 Å². The number of nitrogens with two attached hydrogens (primary N) is 1. The Hall–Kier alpha value is -1.00. The molecule has 0 saturated carbocycles. The lowest BCUT2D eigenvalue weighted by molar-refractivity contribution is -0.0136. The highest BCUT2D eigenvalue weighted by Crippen LogP contribution is 2.14. The average molecular weight is 412 g/mol. The van der Waals surface area contributed by atoms with E-state index < -0.39 is 11.6 Å². The zero-order valence-corrected chi connectivity index (χ0v) is 14.0. The molecule has 1 saturated heterocycles. The number of nitrogens with one attached hydrogen (secondary N) is 1. The molecule has 3 N–H and O–H groups in total. The molecule has 8 heteroatoms. The first-order valence-electron chi connectivity index (χ1n) is 6.37. The summed E-state index contributed by atoms with van der Waals surface area (Å²) in [6.45, 7) is 2.69. The fraction of sp³-hybridized carbons (Fsp3) is 0.462. The standard InChI is InChI=1S/C13H18F2N4O.HI/c1-19-4-5-20-10(8-19)7-17-13(16)18-12-6-9(14)2-3-11(12)15;/h2-3,6,10H,4-5,7-8H2,1H3,(H3,16,17,18);1H. The summed E-state index contributed by atoms with van der Waals surface area (Å²) in [6.07, 6.45) is -0.0357. The van der Waals surface area contributed by atoms with Crippen LogP contribution in [-0.2, 0) is 4.74 Å². The van der Waals surface area contributed by atoms with Gasteiger partial charge in [-0.25, -0.2) is 8.78 Å². The van der Waals surface area contributed by atoms with Gasteiger partial charge in [0.2, 0.25) is 0 Å². The van der Waals surface area contributed by atoms with Gasteiger partial charge in [0.25, 0.3) is 0 Å². The van der Waals surface area contributed by atoms with Gasteiger partial charge in [0.05, 0.1) is 24.9 Å². The van der Waals surface area contributed by atoms with Gasteiger partial charge in [0.1, 0.15) is 11.6 Å². The summed E-state index contributed by atoms with van der Waals surface area (Å²) in [5, 5.41) is 2.55. The molecule has 1 aromatic rings. The lowest BCUT2D eigenvalue weighted by Crippen LogP contribution is -2.41. The van der Waals surface area contributed by atoms with Gasteiger partial charge in [0, 0.05) is 19.2 Å². The van der Waals surface area contributed by atoms with E-state index in [2.05, 4.69) is 15.2 Å². The topological polar surface area (TPSA) is 62.9 Å². The SMILES string of the molecule is CN1CCOC(CN=C(N)Nc2cc(F)ccc2F)C1.I. The van der Waals surface area contributed by atoms with Crippen LogP contribution in [0.2, 0.25) is 0 Å². The van der Waals surface area contributed by atoms with E-state index in [-0.39, 0.29) is 41.7 Å². The quantitative estimate of drug-likeness (QED) is 0.450. The molecule has 1 aliphatic heterocycles. The summed E-state index contributed by atoms with van der Waals surface area (Å²) in [6, 6.07) is 3.10. The Morgan fingerprint density at radius 1 is 1.52 bits per heavy atom. The van der Waals surface area contributed by atoms with E-state index in [4.69, 9.17) is 10.5 Å². The lowest BCUT2D eigenvalue weighted by Gasteiger charge is -2.29. The summed E-state index contributed by atoms with van der Waals surface area (Å²) < 4.78 is 31.9. The van der Waals surface area contributed by atoms with Crippen molar-refractivity contribution >= 4 is 35.6 Å². The van der Waals surface area contributed by atoms with Gasteiger partial charge >= 0.3 is 0 Å². The van der Waals surface area contributed by atoms with Crippen molar-refractivity contribution < 1.29 is 13.5 Å². The van der Waals surface area contributed by atoms with Crippen LogP contribution in [0.5, 0.6) is 0 Å². The summed E-state index contributed by atoms with van der Waals surface area (Å²) in [4.78, 5) is 6.23. The lowest BCUT2D eigenvalue weighted by atomic mass is 10.3. The van der Waals surface area contributed by atoms with Crippen LogP contribution in [0.3, 0.4) is 0 Å². The fourth-order valence-electron chi connectivity index (χ4n) is 1.95. The molecule has 2 rings (SSSR count). The maximum Gasteiger partial charge on any atom is 0.193 e. The van der Waals surface area contributed by atoms with Gasteiger partial charge in [-0.2, -0.15) is 0 Å². The van der Waals surface area contributed by atoms with Crippen molar-refractivity contribution in [1.82, 2.24) is 4.90 Å². The van der Waals surface area contributed by atoms with Gasteiger partial charge in [-0.1, -0.05) is 0 Å². The van der Waals surface area contributed by atoms with E-state index in [1.165, 1.54) is 0 Å². The van der Waals surface area contributed by atoms with Crippen LogP contribution in [0.4, 0.5) is 14.5 Å². The molecule has 0 spiro atoms. The monoisotopic (exact) mass is 412 g/mol. The van der Waals surface area contributed by atoms with E-state index >= 15 is 0 Å². The van der Waals surface area contributed by atoms with E-state index in [0.29, 0.717) is 13.2 Å². The first kappa shape index (κ1) is 18.1. The maximum absolute atomic E-state index is 13.4. The molecule has 1 aromatic carbocycles. The minimum atomic E-state index is -0.585. The highest BCUT2D eigenvalue weighted by Gasteiger charge is 2.17. The van der Waals surface area contributed by atoms with Crippen LogP contribution in [0.15, 0.2) is 23.2 Å². The number of aliphatic imine (C=N–C) groups is 1. The number of hydrogen-bond acceptors (Lipinski definition) is 3. The number of hydrogen-bond donors (Lipinski definition) is 2. The van der Waals surface area contributed by atoms with Crippen LogP contribution in [-0.4, -0.2) is 50.3 Å². The van der Waals surface area contributed by atoms with Gasteiger partial charge in [0.15, 0.2) is 5.96 Å². The van der Waals surface area contributed by atoms with Crippen molar-refractivity contribution in [2.45, 2.75) is 6.10 Å². The van der Waals surface area contributed by atoms with Crippen molar-refractivity contribution in [3.63, 3.8) is 0 Å². The van der Waals surface area contributed by atoms with Crippen LogP contribution in [0, 0.1) is 11.6 Å². The van der Waals surface area contributed by atoms with Gasteiger partial charge in [-0.15, -0.1) is 24.0 Å². The predicted molar refractivity (Wildman–Crippen MR) is 89.1 cm³/mol. The molecule has 118 valence electrons. The molecule has 1 atom stereocenters. The van der Waals surface area contributed by atoms with E-state index in [1.54, 1.807) is 0 Å². The van der Waals surface area contributed by atoms with Crippen LogP contribution in [0.1, 0.15) is 0 Å². The zero-order valence-electron chi connectivity index (χ0n) is 11.7. The predicted octanol–water partition coefficient (Wildman–Crippen LogP) is 1.64. The molecule has 5 nitrogen and oxygen atoms in total. The van der Waals surface area contributed by atoms with E-state index in [1.807, 2.05) is 7.05 Å². The summed E-state index contributed by atoms with van der Waals surface area (Å²) >= 11 is 0. The van der Waals surface area contributed by atoms with E-state index in [9.17, 15) is 8.78 Å². The number of morpholine rings is 1. The number of likely N-dealkylation sites (N-methyl/N-ethyl adjacent to an activating group) is 1. The number of ether oxygens (including phenoxy) is 1. The third kappa shape index (κ3) is 5.71. The highest BCUT2D eigenvalue weighted by atomic mass is 127. The highest BCUT2D eigenvalue weighted by molar-refractivity contribution is 14.0. The largest absolute Gasteiger partial charge is 0.374 e. The van der Waals surface area contributed by atoms with Crippen molar-refractivity contribution in [1.29, 1.82) is 0 Å². The number of rotatable bonds is 3. The maximum atomic E-state index is 13.4. The number of benzene rings is 1. The fourth-order valence-corrected chi connectivity index (χ4v) is 1.95. The number of guanidine groups is 1. The summed E-state index contributed by atoms with van der Waals surface area (Å²) in [5.74, 6) is -1.09. The Balaban J connectivity index is 0.00000220. The second-order valence-electron chi connectivity index (χ2n) is 4.73. The van der Waals surface area contributed by atoms with Crippen molar-refractivity contribution in [2.24, 2.45) is 10.7 Å². The van der Waals surface area contributed by atoms with Crippen molar-refractivity contribution in [3.8, 4) is 0 Å². The molecule has 0 bridgehead atoms. The van der Waals surface area contributed by atoms with Crippen LogP contribution >= 0.6 is 24.0 Å². The molecule has 0 amide bonds. The average Bonchev–Trinajstić information content (AvgIpc) is 2.41. The molecular weight excluding hydrogens is 393 g/mol. The van der Waals surface area contributed by atoms with Crippen LogP contribution in [0.25, 0.3) is 0 Å². The van der Waals surface area contributed by atoms with Crippen molar-refractivity contribution in [2.75, 3.05) is 38.6 Å². The molecule has 0 aliphatic carbocycles. The third-order valence-corrected chi connectivity index (χ3v) is 3.00. The number of nitrogens with zero attached hydrogens (tertiary/aromatic N) is 2. The molecule has 1 heterocycles. The normalized spacial score (nSPS) is 20.0. The second-order valence-corrected chi connectivity index (χ2v) is 4.73. The Kier molecular flexibility index (Phi) is 7.26. The van der Waals surface area contributed by atoms with E-state index in [0.717, 1.165) is 31.3 Å². The Bertz CT molecular complexity index is 501. The summed E-state index contributed by atoms with van der Waals surface area (Å²) in [5.41, 5.74) is 5.62. The van der Waals surface area contributed by atoms with Gasteiger partial charge in [-0.05, 0) is 19.2 Å². The molecule has 0 radical (unpaired) electrons. The van der Waals surface area contributed by atoms with Crippen LogP contribution < -0.4 is 11.1 Å². The second kappa shape index (κ2) is 8.44. The number of halogens is 3. The Morgan fingerprint density at radius 3 is 3.00 bits per heavy atom. The third-order valence-electron chi connectivity index (χ3n) is 3.00. The molecule has 1 unspecified atom stereocenters. The number of anilines is 1. The Labute approximate surface area is 139 Å². The molecular formula is C13H19F2IN4O. The first-order valence-corrected chi connectivity index (χ1v) is 6.37. The smallest absolute Gasteiger partial charge is 0.193 e. The molecule has 0 aromatic heterocycles. The minimum Gasteiger partial charge on any atom is -0.374 e. The first-order chi connectivity index (χ1) is 9.54. The molecule has 21 heavy (non-hydrogen) atoms.